The lowest BCUT2D eigenvalue weighted by atomic mass is 10.2. The van der Waals surface area contributed by atoms with E-state index in [9.17, 15) is 8.42 Å². The van der Waals surface area contributed by atoms with Gasteiger partial charge in [-0.2, -0.15) is 0 Å². The van der Waals surface area contributed by atoms with Crippen molar-refractivity contribution in [2.75, 3.05) is 43.0 Å². The van der Waals surface area contributed by atoms with Gasteiger partial charge in [-0.3, -0.25) is 0 Å². The molecule has 1 fully saturated rings. The summed E-state index contributed by atoms with van der Waals surface area (Å²) in [5.74, 6) is 0.711. The van der Waals surface area contributed by atoms with Crippen LogP contribution in [0.4, 0.5) is 11.5 Å². The van der Waals surface area contributed by atoms with Gasteiger partial charge in [0.15, 0.2) is 5.82 Å². The number of anilines is 2. The second kappa shape index (κ2) is 6.92. The first-order valence-electron chi connectivity index (χ1n) is 7.51. The van der Waals surface area contributed by atoms with Gasteiger partial charge in [0, 0.05) is 26.2 Å². The van der Waals surface area contributed by atoms with Crippen LogP contribution in [0.15, 0.2) is 41.7 Å². The van der Waals surface area contributed by atoms with Gasteiger partial charge in [-0.25, -0.2) is 23.1 Å². The molecule has 0 aliphatic carbocycles. The normalized spacial score (nSPS) is 15.6. The zero-order valence-electron chi connectivity index (χ0n) is 13.2. The van der Waals surface area contributed by atoms with Gasteiger partial charge in [-0.15, -0.1) is 0 Å². The Balaban J connectivity index is 1.80. The number of para-hydroxylation sites is 1. The van der Waals surface area contributed by atoms with Gasteiger partial charge in [-0.1, -0.05) is 23.7 Å². The SMILES string of the molecule is CNS(=O)(=O)c1ccccc1N1CCN(c2ncncc2Cl)CC1. The number of aromatic nitrogens is 2. The van der Waals surface area contributed by atoms with Crippen LogP contribution < -0.4 is 14.5 Å². The maximum absolute atomic E-state index is 12.2. The average Bonchev–Trinajstić information content (AvgIpc) is 2.62. The summed E-state index contributed by atoms with van der Waals surface area (Å²) in [6, 6.07) is 7.02. The molecule has 2 aromatic rings. The molecule has 1 aliphatic heterocycles. The van der Waals surface area contributed by atoms with E-state index >= 15 is 0 Å². The summed E-state index contributed by atoms with van der Waals surface area (Å²) in [4.78, 5) is 12.6. The third-order valence-corrected chi connectivity index (χ3v) is 5.72. The Kier molecular flexibility index (Phi) is 4.88. The molecule has 1 aromatic carbocycles. The summed E-state index contributed by atoms with van der Waals surface area (Å²) in [6.45, 7) is 2.75. The molecule has 24 heavy (non-hydrogen) atoms. The van der Waals surface area contributed by atoms with E-state index in [1.54, 1.807) is 18.3 Å². The summed E-state index contributed by atoms with van der Waals surface area (Å²) in [5.41, 5.74) is 0.709. The molecule has 0 amide bonds. The lowest BCUT2D eigenvalue weighted by Gasteiger charge is -2.37. The highest BCUT2D eigenvalue weighted by Gasteiger charge is 2.24. The minimum atomic E-state index is -3.50. The van der Waals surface area contributed by atoms with Crippen molar-refractivity contribution in [3.8, 4) is 0 Å². The fourth-order valence-corrected chi connectivity index (χ4v) is 3.93. The molecule has 0 spiro atoms. The molecule has 1 N–H and O–H groups in total. The number of nitrogens with zero attached hydrogens (tertiary/aromatic N) is 4. The third kappa shape index (κ3) is 3.31. The Hall–Kier alpha value is -1.90. The molecule has 1 saturated heterocycles. The fourth-order valence-electron chi connectivity index (χ4n) is 2.75. The molecule has 0 unspecified atom stereocenters. The summed E-state index contributed by atoms with van der Waals surface area (Å²) in [5, 5.41) is 0.518. The van der Waals surface area contributed by atoms with E-state index in [0.29, 0.717) is 47.6 Å². The highest BCUT2D eigenvalue weighted by molar-refractivity contribution is 7.89. The number of benzene rings is 1. The van der Waals surface area contributed by atoms with E-state index in [-0.39, 0.29) is 0 Å². The van der Waals surface area contributed by atoms with Crippen LogP contribution in [0, 0.1) is 0 Å². The van der Waals surface area contributed by atoms with Crippen molar-refractivity contribution < 1.29 is 8.42 Å². The number of nitrogens with one attached hydrogen (secondary N) is 1. The van der Waals surface area contributed by atoms with Crippen molar-refractivity contribution in [2.45, 2.75) is 4.90 Å². The quantitative estimate of drug-likeness (QED) is 0.879. The standard InChI is InChI=1S/C15H18ClN5O2S/c1-17-24(22,23)14-5-3-2-4-13(14)20-6-8-21(9-7-20)15-12(16)10-18-11-19-15/h2-5,10-11,17H,6-9H2,1H3. The zero-order chi connectivity index (χ0) is 17.2. The monoisotopic (exact) mass is 367 g/mol. The van der Waals surface area contributed by atoms with Crippen molar-refractivity contribution in [1.82, 2.24) is 14.7 Å². The van der Waals surface area contributed by atoms with Crippen LogP contribution in [0.5, 0.6) is 0 Å². The molecule has 1 aliphatic rings. The van der Waals surface area contributed by atoms with Crippen LogP contribution in [0.2, 0.25) is 5.02 Å². The molecule has 1 aromatic heterocycles. The van der Waals surface area contributed by atoms with E-state index in [1.165, 1.54) is 13.4 Å². The minimum absolute atomic E-state index is 0.293. The highest BCUT2D eigenvalue weighted by Crippen LogP contribution is 2.28. The maximum Gasteiger partial charge on any atom is 0.242 e. The molecule has 128 valence electrons. The molecule has 9 heteroatoms. The van der Waals surface area contributed by atoms with E-state index in [1.807, 2.05) is 12.1 Å². The highest BCUT2D eigenvalue weighted by atomic mass is 35.5. The number of hydrogen-bond acceptors (Lipinski definition) is 6. The molecule has 0 atom stereocenters. The minimum Gasteiger partial charge on any atom is -0.367 e. The summed E-state index contributed by atoms with van der Waals surface area (Å²) in [7, 11) is -2.08. The van der Waals surface area contributed by atoms with Crippen molar-refractivity contribution in [2.24, 2.45) is 0 Å². The Labute approximate surface area is 146 Å². The van der Waals surface area contributed by atoms with Crippen LogP contribution in [0.25, 0.3) is 0 Å². The molecule has 2 heterocycles. The summed E-state index contributed by atoms with van der Waals surface area (Å²) >= 11 is 6.15. The van der Waals surface area contributed by atoms with Gasteiger partial charge in [0.2, 0.25) is 10.0 Å². The first kappa shape index (κ1) is 16.9. The Morgan fingerprint density at radius 2 is 1.79 bits per heavy atom. The first-order valence-corrected chi connectivity index (χ1v) is 9.37. The van der Waals surface area contributed by atoms with E-state index in [0.717, 1.165) is 0 Å². The lowest BCUT2D eigenvalue weighted by Crippen LogP contribution is -2.47. The van der Waals surface area contributed by atoms with Gasteiger partial charge in [0.1, 0.15) is 16.2 Å². The average molecular weight is 368 g/mol. The number of piperazine rings is 1. The van der Waals surface area contributed by atoms with Gasteiger partial charge >= 0.3 is 0 Å². The lowest BCUT2D eigenvalue weighted by molar-refractivity contribution is 0.586. The largest absolute Gasteiger partial charge is 0.367 e. The third-order valence-electron chi connectivity index (χ3n) is 3.99. The molecular weight excluding hydrogens is 350 g/mol. The summed E-state index contributed by atoms with van der Waals surface area (Å²) in [6.07, 6.45) is 3.05. The van der Waals surface area contributed by atoms with Gasteiger partial charge in [-0.05, 0) is 19.2 Å². The van der Waals surface area contributed by atoms with Crippen LogP contribution >= 0.6 is 11.6 Å². The second-order valence-corrected chi connectivity index (χ2v) is 7.61. The van der Waals surface area contributed by atoms with Crippen molar-refractivity contribution >= 4 is 33.1 Å². The Bertz CT molecular complexity index is 822. The topological polar surface area (TPSA) is 78.4 Å². The Morgan fingerprint density at radius 3 is 2.46 bits per heavy atom. The summed E-state index contributed by atoms with van der Waals surface area (Å²) < 4.78 is 26.8. The fraction of sp³-hybridized carbons (Fsp3) is 0.333. The maximum atomic E-state index is 12.2. The van der Waals surface area contributed by atoms with Gasteiger partial charge in [0.05, 0.1) is 11.9 Å². The first-order chi connectivity index (χ1) is 11.5. The number of rotatable bonds is 4. The van der Waals surface area contributed by atoms with E-state index in [2.05, 4.69) is 24.5 Å². The van der Waals surface area contributed by atoms with E-state index < -0.39 is 10.0 Å². The predicted octanol–water partition coefficient (Wildman–Crippen LogP) is 1.36. The van der Waals surface area contributed by atoms with Crippen LogP contribution in [-0.2, 0) is 10.0 Å². The van der Waals surface area contributed by atoms with Crippen molar-refractivity contribution in [3.05, 3.63) is 41.8 Å². The smallest absolute Gasteiger partial charge is 0.242 e. The van der Waals surface area contributed by atoms with Gasteiger partial charge < -0.3 is 9.80 Å². The molecular formula is C15H18ClN5O2S. The van der Waals surface area contributed by atoms with Crippen LogP contribution in [0.1, 0.15) is 0 Å². The predicted molar refractivity (Wildman–Crippen MR) is 94.2 cm³/mol. The van der Waals surface area contributed by atoms with Crippen molar-refractivity contribution in [3.63, 3.8) is 0 Å². The number of halogens is 1. The molecule has 0 radical (unpaired) electrons. The van der Waals surface area contributed by atoms with Crippen LogP contribution in [0.3, 0.4) is 0 Å². The molecule has 0 saturated carbocycles. The van der Waals surface area contributed by atoms with Gasteiger partial charge in [0.25, 0.3) is 0 Å². The molecule has 3 rings (SSSR count). The molecule has 7 nitrogen and oxygen atoms in total. The second-order valence-electron chi connectivity index (χ2n) is 5.34. The molecule has 0 bridgehead atoms. The zero-order valence-corrected chi connectivity index (χ0v) is 14.8. The number of hydrogen-bond donors (Lipinski definition) is 1. The van der Waals surface area contributed by atoms with E-state index in [4.69, 9.17) is 11.6 Å². The van der Waals surface area contributed by atoms with Crippen LogP contribution in [-0.4, -0.2) is 51.6 Å². The van der Waals surface area contributed by atoms with Crippen molar-refractivity contribution in [1.29, 1.82) is 0 Å². The Morgan fingerprint density at radius 1 is 1.12 bits per heavy atom. The number of sulfonamides is 1.